The van der Waals surface area contributed by atoms with E-state index in [1.165, 1.54) is 0 Å². The molecule has 1 N–H and O–H groups in total. The van der Waals surface area contributed by atoms with Crippen molar-refractivity contribution in [1.82, 2.24) is 9.78 Å². The Morgan fingerprint density at radius 1 is 1.44 bits per heavy atom. The van der Waals surface area contributed by atoms with Crippen LogP contribution in [0, 0.1) is 0 Å². The number of rotatable bonds is 4. The van der Waals surface area contributed by atoms with Crippen LogP contribution >= 0.6 is 11.6 Å². The number of carbonyl (C=O) groups is 1. The molecular weight excluding hydrogens is 252 g/mol. The van der Waals surface area contributed by atoms with Gasteiger partial charge in [0.2, 0.25) is 0 Å². The summed E-state index contributed by atoms with van der Waals surface area (Å²) in [7, 11) is 0. The number of carboxylic acid groups (broad SMARTS) is 1. The molecule has 0 saturated carbocycles. The summed E-state index contributed by atoms with van der Waals surface area (Å²) in [5.41, 5.74) is 1.97. The second-order valence-electron chi connectivity index (χ2n) is 3.97. The third kappa shape index (κ3) is 2.71. The van der Waals surface area contributed by atoms with Gasteiger partial charge < -0.3 is 5.11 Å². The molecular formula is C13H13ClN2O2. The van der Waals surface area contributed by atoms with Crippen LogP contribution in [0.1, 0.15) is 28.7 Å². The van der Waals surface area contributed by atoms with Crippen molar-refractivity contribution in [2.45, 2.75) is 19.9 Å². The fourth-order valence-electron chi connectivity index (χ4n) is 1.79. The first-order valence-corrected chi connectivity index (χ1v) is 6.02. The minimum Gasteiger partial charge on any atom is -0.476 e. The molecule has 1 heterocycles. The van der Waals surface area contributed by atoms with Crippen LogP contribution in [-0.2, 0) is 13.0 Å². The lowest BCUT2D eigenvalue weighted by molar-refractivity contribution is 0.0689. The highest BCUT2D eigenvalue weighted by molar-refractivity contribution is 6.30. The smallest absolute Gasteiger partial charge is 0.356 e. The molecule has 0 amide bonds. The van der Waals surface area contributed by atoms with Crippen LogP contribution in [0.4, 0.5) is 0 Å². The van der Waals surface area contributed by atoms with E-state index in [1.54, 1.807) is 16.8 Å². The molecule has 2 rings (SSSR count). The molecule has 94 valence electrons. The number of nitrogens with zero attached hydrogens (tertiary/aromatic N) is 2. The summed E-state index contributed by atoms with van der Waals surface area (Å²) in [6.07, 6.45) is 0.737. The van der Waals surface area contributed by atoms with Crippen molar-refractivity contribution in [3.63, 3.8) is 0 Å². The molecule has 1 aromatic carbocycles. The predicted molar refractivity (Wildman–Crippen MR) is 69.1 cm³/mol. The Balaban J connectivity index is 2.30. The molecule has 5 heteroatoms. The van der Waals surface area contributed by atoms with E-state index in [2.05, 4.69) is 5.10 Å². The van der Waals surface area contributed by atoms with Crippen LogP contribution in [0.25, 0.3) is 0 Å². The molecule has 18 heavy (non-hydrogen) atoms. The summed E-state index contributed by atoms with van der Waals surface area (Å²) in [4.78, 5) is 10.9. The van der Waals surface area contributed by atoms with Gasteiger partial charge in [0.05, 0.1) is 6.54 Å². The van der Waals surface area contributed by atoms with Crippen molar-refractivity contribution in [2.24, 2.45) is 0 Å². The zero-order valence-corrected chi connectivity index (χ0v) is 10.7. The second kappa shape index (κ2) is 5.23. The Morgan fingerprint density at radius 3 is 2.83 bits per heavy atom. The molecule has 2 aromatic rings. The number of aromatic nitrogens is 2. The van der Waals surface area contributed by atoms with Crippen LogP contribution in [0.5, 0.6) is 0 Å². The van der Waals surface area contributed by atoms with Crippen molar-refractivity contribution in [1.29, 1.82) is 0 Å². The van der Waals surface area contributed by atoms with Gasteiger partial charge in [-0.1, -0.05) is 30.7 Å². The van der Waals surface area contributed by atoms with Crippen LogP contribution in [0.2, 0.25) is 5.02 Å². The van der Waals surface area contributed by atoms with E-state index >= 15 is 0 Å². The van der Waals surface area contributed by atoms with Gasteiger partial charge in [-0.15, -0.1) is 0 Å². The lowest BCUT2D eigenvalue weighted by atomic mass is 10.2. The highest BCUT2D eigenvalue weighted by Gasteiger charge is 2.12. The van der Waals surface area contributed by atoms with Gasteiger partial charge in [0.25, 0.3) is 0 Å². The second-order valence-corrected chi connectivity index (χ2v) is 4.40. The van der Waals surface area contributed by atoms with Gasteiger partial charge in [-0.25, -0.2) is 4.79 Å². The lowest BCUT2D eigenvalue weighted by Crippen LogP contribution is -2.07. The molecule has 0 bridgehead atoms. The Hall–Kier alpha value is -1.81. The standard InChI is InChI=1S/C13H13ClN2O2/c1-2-11-7-12(13(17)18)15-16(11)8-9-4-3-5-10(14)6-9/h3-7H,2,8H2,1H3,(H,17,18). The minimum atomic E-state index is -1.01. The summed E-state index contributed by atoms with van der Waals surface area (Å²) >= 11 is 5.92. The summed E-state index contributed by atoms with van der Waals surface area (Å²) in [6.45, 7) is 2.49. The first kappa shape index (κ1) is 12.6. The number of carboxylic acids is 1. The highest BCUT2D eigenvalue weighted by atomic mass is 35.5. The zero-order valence-electron chi connectivity index (χ0n) is 9.93. The third-order valence-corrected chi connectivity index (χ3v) is 2.90. The Bertz CT molecular complexity index is 578. The first-order valence-electron chi connectivity index (χ1n) is 5.64. The summed E-state index contributed by atoms with van der Waals surface area (Å²) in [5, 5.41) is 13.7. The average molecular weight is 265 g/mol. The van der Waals surface area contributed by atoms with Gasteiger partial charge in [-0.3, -0.25) is 4.68 Å². The van der Waals surface area contributed by atoms with Gasteiger partial charge in [0, 0.05) is 10.7 Å². The SMILES string of the molecule is CCc1cc(C(=O)O)nn1Cc1cccc(Cl)c1. The van der Waals surface area contributed by atoms with Crippen molar-refractivity contribution in [3.05, 3.63) is 52.3 Å². The predicted octanol–water partition coefficient (Wildman–Crippen LogP) is 2.85. The van der Waals surface area contributed by atoms with Crippen molar-refractivity contribution >= 4 is 17.6 Å². The summed E-state index contributed by atoms with van der Waals surface area (Å²) < 4.78 is 1.70. The van der Waals surface area contributed by atoms with Crippen LogP contribution in [0.15, 0.2) is 30.3 Å². The summed E-state index contributed by atoms with van der Waals surface area (Å²) in [6, 6.07) is 9.06. The normalized spacial score (nSPS) is 10.6. The van der Waals surface area contributed by atoms with E-state index in [9.17, 15) is 4.79 Å². The zero-order chi connectivity index (χ0) is 13.1. The molecule has 0 unspecified atom stereocenters. The Morgan fingerprint density at radius 2 is 2.22 bits per heavy atom. The van der Waals surface area contributed by atoms with E-state index in [-0.39, 0.29) is 5.69 Å². The molecule has 0 radical (unpaired) electrons. The molecule has 0 aliphatic heterocycles. The molecule has 0 spiro atoms. The monoisotopic (exact) mass is 264 g/mol. The lowest BCUT2D eigenvalue weighted by Gasteiger charge is -2.06. The Kier molecular flexibility index (Phi) is 3.67. The fraction of sp³-hybridized carbons (Fsp3) is 0.231. The van der Waals surface area contributed by atoms with Crippen molar-refractivity contribution < 1.29 is 9.90 Å². The quantitative estimate of drug-likeness (QED) is 0.924. The van der Waals surface area contributed by atoms with Crippen molar-refractivity contribution in [2.75, 3.05) is 0 Å². The van der Waals surface area contributed by atoms with E-state index in [4.69, 9.17) is 16.7 Å². The maximum atomic E-state index is 10.9. The maximum Gasteiger partial charge on any atom is 0.356 e. The average Bonchev–Trinajstić information content (AvgIpc) is 2.72. The number of aromatic carboxylic acids is 1. The number of aryl methyl sites for hydroxylation is 1. The van der Waals surface area contributed by atoms with Crippen LogP contribution in [-0.4, -0.2) is 20.9 Å². The first-order chi connectivity index (χ1) is 8.60. The van der Waals surface area contributed by atoms with E-state index < -0.39 is 5.97 Å². The highest BCUT2D eigenvalue weighted by Crippen LogP contribution is 2.14. The van der Waals surface area contributed by atoms with Crippen LogP contribution in [0.3, 0.4) is 0 Å². The van der Waals surface area contributed by atoms with Gasteiger partial charge in [-0.2, -0.15) is 5.10 Å². The number of hydrogen-bond donors (Lipinski definition) is 1. The molecule has 0 saturated heterocycles. The molecule has 0 fully saturated rings. The minimum absolute atomic E-state index is 0.0777. The molecule has 1 aromatic heterocycles. The van der Waals surface area contributed by atoms with E-state index in [1.807, 2.05) is 25.1 Å². The van der Waals surface area contributed by atoms with Crippen LogP contribution < -0.4 is 0 Å². The maximum absolute atomic E-state index is 10.9. The van der Waals surface area contributed by atoms with Gasteiger partial charge in [0.15, 0.2) is 5.69 Å². The van der Waals surface area contributed by atoms with E-state index in [0.29, 0.717) is 11.6 Å². The molecule has 0 atom stereocenters. The molecule has 4 nitrogen and oxygen atoms in total. The number of halogens is 1. The molecule has 0 aliphatic rings. The van der Waals surface area contributed by atoms with Gasteiger partial charge >= 0.3 is 5.97 Å². The largest absolute Gasteiger partial charge is 0.476 e. The number of hydrogen-bond acceptors (Lipinski definition) is 2. The topological polar surface area (TPSA) is 55.1 Å². The Labute approximate surface area is 110 Å². The third-order valence-electron chi connectivity index (χ3n) is 2.67. The number of benzene rings is 1. The van der Waals surface area contributed by atoms with E-state index in [0.717, 1.165) is 17.7 Å². The fourth-order valence-corrected chi connectivity index (χ4v) is 2.00. The van der Waals surface area contributed by atoms with Gasteiger partial charge in [0.1, 0.15) is 0 Å². The van der Waals surface area contributed by atoms with Crippen molar-refractivity contribution in [3.8, 4) is 0 Å². The van der Waals surface area contributed by atoms with Gasteiger partial charge in [-0.05, 0) is 30.2 Å². The molecule has 0 aliphatic carbocycles. The summed E-state index contributed by atoms with van der Waals surface area (Å²) in [5.74, 6) is -1.01.